The number of halogens is 1. The van der Waals surface area contributed by atoms with Crippen molar-refractivity contribution in [1.82, 2.24) is 9.80 Å². The van der Waals surface area contributed by atoms with E-state index in [1.54, 1.807) is 21.9 Å². The first kappa shape index (κ1) is 18.4. The molecule has 0 bridgehead atoms. The summed E-state index contributed by atoms with van der Waals surface area (Å²) < 4.78 is 13.4. The molecule has 1 fully saturated rings. The Labute approximate surface area is 142 Å². The van der Waals surface area contributed by atoms with Gasteiger partial charge in [-0.3, -0.25) is 14.5 Å². The molecule has 1 aromatic rings. The Balaban J connectivity index is 2.13. The fraction of sp³-hybridized carbons (Fsp3) is 0.556. The van der Waals surface area contributed by atoms with Crippen LogP contribution >= 0.6 is 0 Å². The lowest BCUT2D eigenvalue weighted by atomic mass is 10.0. The van der Waals surface area contributed by atoms with Crippen molar-refractivity contribution < 1.29 is 19.1 Å². The van der Waals surface area contributed by atoms with Crippen LogP contribution in [0.25, 0.3) is 0 Å². The Bertz CT molecular complexity index is 613. The number of benzene rings is 1. The molecule has 1 amide bonds. The first-order chi connectivity index (χ1) is 11.2. The molecule has 1 aliphatic rings. The molecule has 1 heterocycles. The van der Waals surface area contributed by atoms with Crippen LogP contribution in [0.2, 0.25) is 0 Å². The summed E-state index contributed by atoms with van der Waals surface area (Å²) in [7, 11) is 0. The number of carbonyl (C=O) groups is 2. The van der Waals surface area contributed by atoms with E-state index in [-0.39, 0.29) is 18.3 Å². The van der Waals surface area contributed by atoms with Gasteiger partial charge in [0.2, 0.25) is 5.91 Å². The molecule has 2 rings (SSSR count). The third-order valence-electron chi connectivity index (χ3n) is 4.33. The topological polar surface area (TPSA) is 60.9 Å². The first-order valence-corrected chi connectivity index (χ1v) is 8.20. The van der Waals surface area contributed by atoms with Crippen LogP contribution in [-0.4, -0.2) is 51.5 Å². The Morgan fingerprint density at radius 3 is 2.67 bits per heavy atom. The molecule has 1 aliphatic heterocycles. The summed E-state index contributed by atoms with van der Waals surface area (Å²) in [6.07, 6.45) is 1.35. The summed E-state index contributed by atoms with van der Waals surface area (Å²) in [4.78, 5) is 27.5. The van der Waals surface area contributed by atoms with Gasteiger partial charge in [0.05, 0.1) is 6.54 Å². The SMILES string of the molecule is CC(C)(C)N(Cc1cccc(F)c1)C(=O)CN1CCC[C@@H]1C(=O)O. The number of hydrogen-bond donors (Lipinski definition) is 1. The van der Waals surface area contributed by atoms with Gasteiger partial charge in [0.1, 0.15) is 11.9 Å². The van der Waals surface area contributed by atoms with Crippen LogP contribution in [0, 0.1) is 5.82 Å². The van der Waals surface area contributed by atoms with E-state index in [9.17, 15) is 19.1 Å². The third-order valence-corrected chi connectivity index (χ3v) is 4.33. The van der Waals surface area contributed by atoms with E-state index >= 15 is 0 Å². The Kier molecular flexibility index (Phi) is 5.59. The van der Waals surface area contributed by atoms with Crippen LogP contribution in [0.1, 0.15) is 39.2 Å². The van der Waals surface area contributed by atoms with Gasteiger partial charge in [-0.15, -0.1) is 0 Å². The highest BCUT2D eigenvalue weighted by Crippen LogP contribution is 2.21. The molecule has 0 aromatic heterocycles. The average Bonchev–Trinajstić information content (AvgIpc) is 2.91. The zero-order chi connectivity index (χ0) is 17.9. The maximum absolute atomic E-state index is 13.4. The van der Waals surface area contributed by atoms with E-state index in [2.05, 4.69) is 0 Å². The number of nitrogens with zero attached hydrogens (tertiary/aromatic N) is 2. The zero-order valence-corrected chi connectivity index (χ0v) is 14.5. The number of carboxylic acids is 1. The van der Waals surface area contributed by atoms with E-state index < -0.39 is 17.6 Å². The molecular weight excluding hydrogens is 311 g/mol. The van der Waals surface area contributed by atoms with Crippen molar-refractivity contribution in [3.05, 3.63) is 35.6 Å². The van der Waals surface area contributed by atoms with Crippen molar-refractivity contribution in [3.8, 4) is 0 Å². The standard InChI is InChI=1S/C18H25FN2O3/c1-18(2,3)21(11-13-6-4-7-14(19)10-13)16(22)12-20-9-5-8-15(20)17(23)24/h4,6-7,10,15H,5,8-9,11-12H2,1-3H3,(H,23,24)/t15-/m1/s1. The summed E-state index contributed by atoms with van der Waals surface area (Å²) in [5.74, 6) is -1.35. The monoisotopic (exact) mass is 336 g/mol. The second-order valence-corrected chi connectivity index (χ2v) is 7.25. The molecule has 5 nitrogen and oxygen atoms in total. The number of aliphatic carboxylic acids is 1. The number of carboxylic acid groups (broad SMARTS) is 1. The lowest BCUT2D eigenvalue weighted by Gasteiger charge is -2.37. The predicted molar refractivity (Wildman–Crippen MR) is 88.9 cm³/mol. The third kappa shape index (κ3) is 4.54. The highest BCUT2D eigenvalue weighted by Gasteiger charge is 2.34. The zero-order valence-electron chi connectivity index (χ0n) is 14.5. The predicted octanol–water partition coefficient (Wildman–Crippen LogP) is 2.50. The van der Waals surface area contributed by atoms with Crippen molar-refractivity contribution in [1.29, 1.82) is 0 Å². The number of hydrogen-bond acceptors (Lipinski definition) is 3. The van der Waals surface area contributed by atoms with Crippen LogP contribution < -0.4 is 0 Å². The summed E-state index contributed by atoms with van der Waals surface area (Å²) in [6, 6.07) is 5.60. The minimum atomic E-state index is -0.882. The van der Waals surface area contributed by atoms with Crippen LogP contribution in [0.5, 0.6) is 0 Å². The number of amides is 1. The van der Waals surface area contributed by atoms with E-state index in [1.165, 1.54) is 12.1 Å². The van der Waals surface area contributed by atoms with E-state index in [0.29, 0.717) is 19.5 Å². The van der Waals surface area contributed by atoms with Crippen molar-refractivity contribution in [2.45, 2.75) is 51.7 Å². The molecule has 1 atom stereocenters. The number of likely N-dealkylation sites (tertiary alicyclic amines) is 1. The minimum absolute atomic E-state index is 0.0730. The molecule has 0 radical (unpaired) electrons. The molecule has 6 heteroatoms. The first-order valence-electron chi connectivity index (χ1n) is 8.20. The second-order valence-electron chi connectivity index (χ2n) is 7.25. The molecule has 132 valence electrons. The second kappa shape index (κ2) is 7.30. The highest BCUT2D eigenvalue weighted by atomic mass is 19.1. The molecule has 0 saturated carbocycles. The van der Waals surface area contributed by atoms with Crippen LogP contribution in [0.15, 0.2) is 24.3 Å². The smallest absolute Gasteiger partial charge is 0.320 e. The Morgan fingerprint density at radius 2 is 2.08 bits per heavy atom. The van der Waals surface area contributed by atoms with E-state index in [1.807, 2.05) is 20.8 Å². The molecule has 0 aliphatic carbocycles. The van der Waals surface area contributed by atoms with Gasteiger partial charge in [0.15, 0.2) is 0 Å². The number of carbonyl (C=O) groups excluding carboxylic acids is 1. The van der Waals surface area contributed by atoms with Gasteiger partial charge in [-0.1, -0.05) is 12.1 Å². The van der Waals surface area contributed by atoms with Gasteiger partial charge in [0.25, 0.3) is 0 Å². The lowest BCUT2D eigenvalue weighted by Crippen LogP contribution is -2.50. The minimum Gasteiger partial charge on any atom is -0.480 e. The van der Waals surface area contributed by atoms with Gasteiger partial charge in [-0.2, -0.15) is 0 Å². The van der Waals surface area contributed by atoms with Crippen molar-refractivity contribution in [2.24, 2.45) is 0 Å². The highest BCUT2D eigenvalue weighted by molar-refractivity contribution is 5.81. The van der Waals surface area contributed by atoms with Gasteiger partial charge < -0.3 is 10.0 Å². The Hall–Kier alpha value is -1.95. The normalized spacial score (nSPS) is 18.6. The molecule has 0 spiro atoms. The largest absolute Gasteiger partial charge is 0.480 e. The fourth-order valence-electron chi connectivity index (χ4n) is 3.07. The summed E-state index contributed by atoms with van der Waals surface area (Å²) in [5.41, 5.74) is 0.274. The quantitative estimate of drug-likeness (QED) is 0.897. The van der Waals surface area contributed by atoms with Crippen molar-refractivity contribution in [3.63, 3.8) is 0 Å². The van der Waals surface area contributed by atoms with Crippen molar-refractivity contribution >= 4 is 11.9 Å². The Morgan fingerprint density at radius 1 is 1.38 bits per heavy atom. The van der Waals surface area contributed by atoms with Crippen LogP contribution in [0.4, 0.5) is 4.39 Å². The fourth-order valence-corrected chi connectivity index (χ4v) is 3.07. The van der Waals surface area contributed by atoms with Gasteiger partial charge >= 0.3 is 5.97 Å². The average molecular weight is 336 g/mol. The molecule has 24 heavy (non-hydrogen) atoms. The molecular formula is C18H25FN2O3. The van der Waals surface area contributed by atoms with Gasteiger partial charge in [-0.05, 0) is 57.9 Å². The molecule has 0 unspecified atom stereocenters. The summed E-state index contributed by atoms with van der Waals surface area (Å²) in [6.45, 7) is 6.74. The lowest BCUT2D eigenvalue weighted by molar-refractivity contribution is -0.144. The summed E-state index contributed by atoms with van der Waals surface area (Å²) >= 11 is 0. The number of rotatable bonds is 5. The maximum atomic E-state index is 13.4. The summed E-state index contributed by atoms with van der Waals surface area (Å²) in [5, 5.41) is 9.25. The van der Waals surface area contributed by atoms with E-state index in [4.69, 9.17) is 0 Å². The van der Waals surface area contributed by atoms with Gasteiger partial charge in [-0.25, -0.2) is 4.39 Å². The van der Waals surface area contributed by atoms with Crippen molar-refractivity contribution in [2.75, 3.05) is 13.1 Å². The van der Waals surface area contributed by atoms with Gasteiger partial charge in [0, 0.05) is 12.1 Å². The molecule has 1 saturated heterocycles. The van der Waals surface area contributed by atoms with Crippen LogP contribution in [0.3, 0.4) is 0 Å². The molecule has 1 N–H and O–H groups in total. The van der Waals surface area contributed by atoms with Crippen LogP contribution in [-0.2, 0) is 16.1 Å². The van der Waals surface area contributed by atoms with E-state index in [0.717, 1.165) is 12.0 Å². The molecule has 1 aromatic carbocycles. The maximum Gasteiger partial charge on any atom is 0.320 e.